The van der Waals surface area contributed by atoms with Crippen molar-refractivity contribution in [2.75, 3.05) is 0 Å². The predicted molar refractivity (Wildman–Crippen MR) is 57.7 cm³/mol. The molecule has 1 fully saturated rings. The Labute approximate surface area is 95.0 Å². The highest BCUT2D eigenvalue weighted by atomic mass is 16.6. The Morgan fingerprint density at radius 1 is 1.31 bits per heavy atom. The summed E-state index contributed by atoms with van der Waals surface area (Å²) >= 11 is 0. The zero-order chi connectivity index (χ0) is 12.7. The van der Waals surface area contributed by atoms with Crippen molar-refractivity contribution in [1.82, 2.24) is 0 Å². The fourth-order valence-electron chi connectivity index (χ4n) is 1.67. The summed E-state index contributed by atoms with van der Waals surface area (Å²) in [5.74, 6) is -2.26. The van der Waals surface area contributed by atoms with E-state index in [9.17, 15) is 9.59 Å². The molecular formula is C11H19NO4. The molecule has 3 atom stereocenters. The van der Waals surface area contributed by atoms with Crippen molar-refractivity contribution in [1.29, 1.82) is 0 Å². The summed E-state index contributed by atoms with van der Waals surface area (Å²) in [7, 11) is 0. The van der Waals surface area contributed by atoms with Crippen molar-refractivity contribution >= 4 is 11.9 Å². The van der Waals surface area contributed by atoms with Crippen LogP contribution < -0.4 is 5.73 Å². The van der Waals surface area contributed by atoms with E-state index in [1.165, 1.54) is 6.92 Å². The summed E-state index contributed by atoms with van der Waals surface area (Å²) in [5, 5.41) is 8.79. The molecule has 3 unspecified atom stereocenters. The molecular weight excluding hydrogens is 210 g/mol. The van der Waals surface area contributed by atoms with E-state index in [1.54, 1.807) is 20.8 Å². The van der Waals surface area contributed by atoms with Gasteiger partial charge in [0.1, 0.15) is 11.1 Å². The van der Waals surface area contributed by atoms with E-state index in [4.69, 9.17) is 15.6 Å². The highest BCUT2D eigenvalue weighted by molar-refractivity contribution is 5.84. The lowest BCUT2D eigenvalue weighted by atomic mass is 9.95. The van der Waals surface area contributed by atoms with E-state index < -0.39 is 29.0 Å². The van der Waals surface area contributed by atoms with Gasteiger partial charge in [0.15, 0.2) is 0 Å². The fourth-order valence-corrected chi connectivity index (χ4v) is 1.67. The van der Waals surface area contributed by atoms with Crippen LogP contribution in [-0.2, 0) is 14.3 Å². The molecule has 1 aliphatic carbocycles. The number of carboxylic acid groups (broad SMARTS) is 1. The molecule has 92 valence electrons. The Morgan fingerprint density at radius 2 is 1.81 bits per heavy atom. The number of carbonyl (C=O) groups is 2. The van der Waals surface area contributed by atoms with Gasteiger partial charge in [0.25, 0.3) is 0 Å². The molecule has 0 saturated heterocycles. The Hall–Kier alpha value is -1.10. The van der Waals surface area contributed by atoms with Crippen LogP contribution in [0.3, 0.4) is 0 Å². The largest absolute Gasteiger partial charge is 0.481 e. The van der Waals surface area contributed by atoms with E-state index in [-0.39, 0.29) is 5.92 Å². The molecule has 0 amide bonds. The van der Waals surface area contributed by atoms with Gasteiger partial charge < -0.3 is 15.6 Å². The summed E-state index contributed by atoms with van der Waals surface area (Å²) in [4.78, 5) is 22.5. The van der Waals surface area contributed by atoms with Crippen molar-refractivity contribution < 1.29 is 19.4 Å². The second kappa shape index (κ2) is 3.73. The number of carboxylic acids is 1. The van der Waals surface area contributed by atoms with E-state index in [1.807, 2.05) is 0 Å². The van der Waals surface area contributed by atoms with Gasteiger partial charge in [-0.05, 0) is 34.1 Å². The maximum absolute atomic E-state index is 11.8. The van der Waals surface area contributed by atoms with Crippen LogP contribution in [0.5, 0.6) is 0 Å². The van der Waals surface area contributed by atoms with Crippen molar-refractivity contribution in [3.8, 4) is 0 Å². The van der Waals surface area contributed by atoms with E-state index in [0.29, 0.717) is 6.42 Å². The smallest absolute Gasteiger partial charge is 0.326 e. The molecule has 1 aliphatic rings. The van der Waals surface area contributed by atoms with Gasteiger partial charge in [-0.2, -0.15) is 0 Å². The van der Waals surface area contributed by atoms with E-state index >= 15 is 0 Å². The SMILES string of the molecule is CC(C)(C)OC(=O)C(C)(N)C1CC1C(=O)O. The molecule has 0 aromatic heterocycles. The molecule has 5 heteroatoms. The van der Waals surface area contributed by atoms with Crippen LogP contribution in [0, 0.1) is 11.8 Å². The van der Waals surface area contributed by atoms with Crippen LogP contribution in [0.15, 0.2) is 0 Å². The van der Waals surface area contributed by atoms with E-state index in [0.717, 1.165) is 0 Å². The lowest BCUT2D eigenvalue weighted by molar-refractivity contribution is -0.162. The molecule has 1 rings (SSSR count). The lowest BCUT2D eigenvalue weighted by Crippen LogP contribution is -2.51. The first-order chi connectivity index (χ1) is 7.05. The van der Waals surface area contributed by atoms with Crippen molar-refractivity contribution in [2.45, 2.75) is 45.3 Å². The molecule has 0 heterocycles. The van der Waals surface area contributed by atoms with Gasteiger partial charge >= 0.3 is 11.9 Å². The van der Waals surface area contributed by atoms with Crippen LogP contribution in [0.25, 0.3) is 0 Å². The van der Waals surface area contributed by atoms with Crippen LogP contribution in [0.4, 0.5) is 0 Å². The number of rotatable bonds is 3. The molecule has 0 aromatic carbocycles. The Kier molecular flexibility index (Phi) is 3.02. The number of aliphatic carboxylic acids is 1. The van der Waals surface area contributed by atoms with Crippen molar-refractivity contribution in [3.05, 3.63) is 0 Å². The van der Waals surface area contributed by atoms with Gasteiger partial charge in [-0.3, -0.25) is 9.59 Å². The normalized spacial score (nSPS) is 28.1. The van der Waals surface area contributed by atoms with Gasteiger partial charge in [0.2, 0.25) is 0 Å². The van der Waals surface area contributed by atoms with Gasteiger partial charge in [-0.1, -0.05) is 0 Å². The summed E-state index contributed by atoms with van der Waals surface area (Å²) in [6.45, 7) is 6.79. The lowest BCUT2D eigenvalue weighted by Gasteiger charge is -2.28. The summed E-state index contributed by atoms with van der Waals surface area (Å²) in [6.07, 6.45) is 0.446. The molecule has 1 saturated carbocycles. The highest BCUT2D eigenvalue weighted by Gasteiger charge is 2.56. The maximum atomic E-state index is 11.8. The molecule has 3 N–H and O–H groups in total. The maximum Gasteiger partial charge on any atom is 0.326 e. The van der Waals surface area contributed by atoms with E-state index in [2.05, 4.69) is 0 Å². The number of hydrogen-bond donors (Lipinski definition) is 2. The third-order valence-corrected chi connectivity index (χ3v) is 2.72. The van der Waals surface area contributed by atoms with Crippen LogP contribution in [-0.4, -0.2) is 28.2 Å². The summed E-state index contributed by atoms with van der Waals surface area (Å²) in [5.41, 5.74) is 4.05. The first kappa shape index (κ1) is 13.0. The van der Waals surface area contributed by atoms with Crippen molar-refractivity contribution in [3.63, 3.8) is 0 Å². The van der Waals surface area contributed by atoms with Crippen LogP contribution in [0.1, 0.15) is 34.1 Å². The topological polar surface area (TPSA) is 89.6 Å². The zero-order valence-corrected chi connectivity index (χ0v) is 10.1. The standard InChI is InChI=1S/C11H19NO4/c1-10(2,3)16-9(15)11(4,12)7-5-6(7)8(13)14/h6-7H,5,12H2,1-4H3,(H,13,14). The molecule has 0 bridgehead atoms. The zero-order valence-electron chi connectivity index (χ0n) is 10.1. The van der Waals surface area contributed by atoms with Gasteiger partial charge in [0, 0.05) is 5.92 Å². The van der Waals surface area contributed by atoms with Gasteiger partial charge in [-0.25, -0.2) is 0 Å². The second-order valence-corrected chi connectivity index (χ2v) is 5.57. The van der Waals surface area contributed by atoms with Gasteiger partial charge in [0.05, 0.1) is 5.92 Å². The molecule has 0 spiro atoms. The molecule has 16 heavy (non-hydrogen) atoms. The van der Waals surface area contributed by atoms with Crippen LogP contribution in [0.2, 0.25) is 0 Å². The number of nitrogens with two attached hydrogens (primary N) is 1. The number of ether oxygens (including phenoxy) is 1. The minimum atomic E-state index is -1.21. The third-order valence-electron chi connectivity index (χ3n) is 2.72. The third kappa shape index (κ3) is 2.72. The summed E-state index contributed by atoms with van der Waals surface area (Å²) < 4.78 is 5.18. The predicted octanol–water partition coefficient (Wildman–Crippen LogP) is 0.766. The van der Waals surface area contributed by atoms with Gasteiger partial charge in [-0.15, -0.1) is 0 Å². The minimum absolute atomic E-state index is 0.320. The monoisotopic (exact) mass is 229 g/mol. The first-order valence-electron chi connectivity index (χ1n) is 5.31. The summed E-state index contributed by atoms with van der Waals surface area (Å²) in [6, 6.07) is 0. The van der Waals surface area contributed by atoms with Crippen LogP contribution >= 0.6 is 0 Å². The Bertz CT molecular complexity index is 316. The first-order valence-corrected chi connectivity index (χ1v) is 5.31. The van der Waals surface area contributed by atoms with Crippen molar-refractivity contribution in [2.24, 2.45) is 17.6 Å². The number of carbonyl (C=O) groups excluding carboxylic acids is 1. The Morgan fingerprint density at radius 3 is 2.12 bits per heavy atom. The average molecular weight is 229 g/mol. The molecule has 5 nitrogen and oxygen atoms in total. The highest BCUT2D eigenvalue weighted by Crippen LogP contribution is 2.46. The number of hydrogen-bond acceptors (Lipinski definition) is 4. The molecule has 0 aliphatic heterocycles. The number of esters is 1. The minimum Gasteiger partial charge on any atom is -0.481 e. The average Bonchev–Trinajstić information content (AvgIpc) is 2.78. The Balaban J connectivity index is 2.65. The fraction of sp³-hybridized carbons (Fsp3) is 0.818. The quantitative estimate of drug-likeness (QED) is 0.697. The second-order valence-electron chi connectivity index (χ2n) is 5.57. The molecule has 0 radical (unpaired) electrons. The molecule has 0 aromatic rings.